The smallest absolute Gasteiger partial charge is 0.336 e. The summed E-state index contributed by atoms with van der Waals surface area (Å²) in [7, 11) is 0. The highest BCUT2D eigenvalue weighted by molar-refractivity contribution is 5.92. The Balaban J connectivity index is 1.99. The molecule has 258 valence electrons. The molecule has 0 radical (unpaired) electrons. The fraction of sp³-hybridized carbons (Fsp3) is 0.526. The lowest BCUT2D eigenvalue weighted by atomic mass is 9.82. The summed E-state index contributed by atoms with van der Waals surface area (Å²) in [5, 5.41) is 33.4. The zero-order valence-electron chi connectivity index (χ0n) is 27.9. The van der Waals surface area contributed by atoms with Crippen molar-refractivity contribution < 1.29 is 38.9 Å². The van der Waals surface area contributed by atoms with Crippen molar-refractivity contribution in [3.05, 3.63) is 72.1 Å². The Morgan fingerprint density at radius 1 is 0.830 bits per heavy atom. The average Bonchev–Trinajstić information content (AvgIpc) is 3.04. The number of Topliss-reactive ketones (excluding diaryl/α,β-unsaturated/α-hetero) is 1. The Labute approximate surface area is 278 Å². The number of aliphatic carboxylic acids is 2. The lowest BCUT2D eigenvalue weighted by molar-refractivity contribution is -0.167. The molecule has 0 heterocycles. The number of ketones is 1. The first kappa shape index (κ1) is 39.3. The van der Waals surface area contributed by atoms with Gasteiger partial charge in [-0.3, -0.25) is 9.59 Å². The van der Waals surface area contributed by atoms with Crippen LogP contribution in [0.15, 0.2) is 60.7 Å². The number of carbonyl (C=O) groups excluding carboxylic acids is 2. The highest BCUT2D eigenvalue weighted by Gasteiger charge is 2.46. The number of hydrogen-bond donors (Lipinski definition) is 4. The van der Waals surface area contributed by atoms with Crippen LogP contribution in [0.25, 0.3) is 11.1 Å². The standard InChI is InChI=1S/C38H52FNO7/c1-3-5-6-9-12-17-30(41)18-13-10-7-8-11-14-20-32(38(47,26-4-2)37(45)46)35(42)40-34(36(43)44)27-28-22-24-29(25-23-28)31-19-15-16-21-33(31)39/h14-16,19-25,32,34,47H,3-13,17-18,26-27H2,1-2H3,(H,40,42)(H,43,44)(H,45,46)/b20-14+/t32-,34+,38+/m1/s1. The van der Waals surface area contributed by atoms with Crippen LogP contribution < -0.4 is 5.32 Å². The molecule has 0 aromatic heterocycles. The monoisotopic (exact) mass is 653 g/mol. The molecule has 9 heteroatoms. The lowest BCUT2D eigenvalue weighted by Crippen LogP contribution is -2.54. The van der Waals surface area contributed by atoms with Gasteiger partial charge in [0.15, 0.2) is 5.60 Å². The minimum Gasteiger partial charge on any atom is -0.480 e. The van der Waals surface area contributed by atoms with E-state index in [4.69, 9.17) is 0 Å². The van der Waals surface area contributed by atoms with Crippen molar-refractivity contribution in [2.75, 3.05) is 0 Å². The molecule has 0 aliphatic rings. The summed E-state index contributed by atoms with van der Waals surface area (Å²) in [6.07, 6.45) is 13.7. The molecule has 2 aromatic carbocycles. The van der Waals surface area contributed by atoms with E-state index in [0.29, 0.717) is 41.7 Å². The zero-order chi connectivity index (χ0) is 34.7. The first-order valence-electron chi connectivity index (χ1n) is 17.0. The third-order valence-electron chi connectivity index (χ3n) is 8.46. The molecule has 0 saturated heterocycles. The van der Waals surface area contributed by atoms with E-state index in [1.54, 1.807) is 55.5 Å². The molecule has 0 bridgehead atoms. The van der Waals surface area contributed by atoms with Gasteiger partial charge >= 0.3 is 11.9 Å². The summed E-state index contributed by atoms with van der Waals surface area (Å²) in [6.45, 7) is 3.85. The number of benzene rings is 2. The minimum atomic E-state index is -2.42. The number of carboxylic acids is 2. The highest BCUT2D eigenvalue weighted by Crippen LogP contribution is 2.27. The first-order chi connectivity index (χ1) is 22.5. The van der Waals surface area contributed by atoms with Gasteiger partial charge < -0.3 is 20.6 Å². The van der Waals surface area contributed by atoms with Crippen LogP contribution in [0.4, 0.5) is 4.39 Å². The molecule has 0 saturated carbocycles. The van der Waals surface area contributed by atoms with Crippen LogP contribution in [0.2, 0.25) is 0 Å². The number of halogens is 1. The second-order valence-corrected chi connectivity index (χ2v) is 12.3. The van der Waals surface area contributed by atoms with Crippen LogP contribution in [-0.4, -0.2) is 50.6 Å². The molecular weight excluding hydrogens is 601 g/mol. The second-order valence-electron chi connectivity index (χ2n) is 12.3. The van der Waals surface area contributed by atoms with E-state index in [1.807, 2.05) is 0 Å². The number of carboxylic acid groups (broad SMARTS) is 2. The van der Waals surface area contributed by atoms with Crippen molar-refractivity contribution >= 4 is 23.6 Å². The Morgan fingerprint density at radius 3 is 2.02 bits per heavy atom. The molecule has 0 aliphatic carbocycles. The molecular formula is C38H52FNO7. The van der Waals surface area contributed by atoms with Gasteiger partial charge in [0.25, 0.3) is 0 Å². The Morgan fingerprint density at radius 2 is 1.45 bits per heavy atom. The molecule has 2 rings (SSSR count). The topological polar surface area (TPSA) is 141 Å². The largest absolute Gasteiger partial charge is 0.480 e. The number of carbonyl (C=O) groups is 4. The maximum atomic E-state index is 14.2. The zero-order valence-corrected chi connectivity index (χ0v) is 27.9. The van der Waals surface area contributed by atoms with E-state index < -0.39 is 35.4 Å². The van der Waals surface area contributed by atoms with Crippen LogP contribution in [0, 0.1) is 11.7 Å². The number of aliphatic hydroxyl groups is 1. The number of hydrogen-bond acceptors (Lipinski definition) is 5. The van der Waals surface area contributed by atoms with Gasteiger partial charge in [-0.2, -0.15) is 0 Å². The Hall–Kier alpha value is -3.85. The van der Waals surface area contributed by atoms with Gasteiger partial charge in [-0.15, -0.1) is 0 Å². The number of rotatable bonds is 24. The van der Waals surface area contributed by atoms with E-state index >= 15 is 0 Å². The van der Waals surface area contributed by atoms with Crippen LogP contribution in [0.1, 0.15) is 109 Å². The first-order valence-corrected chi connectivity index (χ1v) is 17.0. The predicted octanol–water partition coefficient (Wildman–Crippen LogP) is 7.66. The SMILES string of the molecule is CCCCCCCC(=O)CCCCCC/C=C/[C@H](C(=O)N[C@@H](Cc1ccc(-c2ccccc2F)cc1)C(=O)O)[C@@](O)(CCC)C(=O)O. The lowest BCUT2D eigenvalue weighted by Gasteiger charge is -2.30. The van der Waals surface area contributed by atoms with Gasteiger partial charge in [0, 0.05) is 24.8 Å². The van der Waals surface area contributed by atoms with Gasteiger partial charge in [-0.05, 0) is 49.3 Å². The van der Waals surface area contributed by atoms with Gasteiger partial charge in [0.1, 0.15) is 17.6 Å². The van der Waals surface area contributed by atoms with Crippen molar-refractivity contribution in [3.63, 3.8) is 0 Å². The molecule has 47 heavy (non-hydrogen) atoms. The summed E-state index contributed by atoms with van der Waals surface area (Å²) < 4.78 is 14.2. The molecule has 0 aliphatic heterocycles. The van der Waals surface area contributed by atoms with Crippen molar-refractivity contribution in [1.82, 2.24) is 5.32 Å². The second kappa shape index (κ2) is 21.1. The van der Waals surface area contributed by atoms with Crippen LogP contribution in [0.3, 0.4) is 0 Å². The normalized spacial score (nSPS) is 14.0. The summed E-state index contributed by atoms with van der Waals surface area (Å²) >= 11 is 0. The summed E-state index contributed by atoms with van der Waals surface area (Å²) in [5.41, 5.74) is -0.836. The molecule has 2 aromatic rings. The minimum absolute atomic E-state index is 0.101. The van der Waals surface area contributed by atoms with E-state index in [0.717, 1.165) is 38.5 Å². The van der Waals surface area contributed by atoms with Crippen LogP contribution in [-0.2, 0) is 25.6 Å². The number of allylic oxidation sites excluding steroid dienone is 1. The van der Waals surface area contributed by atoms with Gasteiger partial charge in [0.05, 0.1) is 5.92 Å². The summed E-state index contributed by atoms with van der Waals surface area (Å²) in [4.78, 5) is 49.8. The quantitative estimate of drug-likeness (QED) is 0.0673. The fourth-order valence-electron chi connectivity index (χ4n) is 5.67. The van der Waals surface area contributed by atoms with E-state index in [2.05, 4.69) is 12.2 Å². The maximum absolute atomic E-state index is 14.2. The maximum Gasteiger partial charge on any atom is 0.336 e. The molecule has 3 atom stereocenters. The van der Waals surface area contributed by atoms with Gasteiger partial charge in [-0.1, -0.05) is 113 Å². The van der Waals surface area contributed by atoms with Gasteiger partial charge in [0.2, 0.25) is 5.91 Å². The van der Waals surface area contributed by atoms with Crippen molar-refractivity contribution in [2.45, 2.75) is 122 Å². The third-order valence-corrected chi connectivity index (χ3v) is 8.46. The average molecular weight is 654 g/mol. The van der Waals surface area contributed by atoms with Crippen molar-refractivity contribution in [1.29, 1.82) is 0 Å². The number of nitrogens with one attached hydrogen (secondary N) is 1. The number of unbranched alkanes of at least 4 members (excludes halogenated alkanes) is 8. The fourth-order valence-corrected chi connectivity index (χ4v) is 5.67. The van der Waals surface area contributed by atoms with E-state index in [9.17, 15) is 38.9 Å². The highest BCUT2D eigenvalue weighted by atomic mass is 19.1. The predicted molar refractivity (Wildman–Crippen MR) is 181 cm³/mol. The van der Waals surface area contributed by atoms with E-state index in [-0.39, 0.29) is 25.1 Å². The summed E-state index contributed by atoms with van der Waals surface area (Å²) in [5.74, 6) is -5.37. The molecule has 0 spiro atoms. The van der Waals surface area contributed by atoms with Crippen molar-refractivity contribution in [3.8, 4) is 11.1 Å². The third kappa shape index (κ3) is 13.4. The Kier molecular flexibility index (Phi) is 17.7. The Bertz CT molecular complexity index is 1310. The molecule has 0 unspecified atom stereocenters. The van der Waals surface area contributed by atoms with E-state index in [1.165, 1.54) is 31.4 Å². The molecule has 1 amide bonds. The molecule has 4 N–H and O–H groups in total. The van der Waals surface area contributed by atoms with Crippen molar-refractivity contribution in [2.24, 2.45) is 5.92 Å². The van der Waals surface area contributed by atoms with Gasteiger partial charge in [-0.25, -0.2) is 14.0 Å². The van der Waals surface area contributed by atoms with Crippen LogP contribution in [0.5, 0.6) is 0 Å². The number of amides is 1. The van der Waals surface area contributed by atoms with Crippen LogP contribution >= 0.6 is 0 Å². The summed E-state index contributed by atoms with van der Waals surface area (Å²) in [6, 6.07) is 11.5. The molecule has 0 fully saturated rings. The molecule has 8 nitrogen and oxygen atoms in total.